The van der Waals surface area contributed by atoms with E-state index in [-0.39, 0.29) is 6.04 Å². The summed E-state index contributed by atoms with van der Waals surface area (Å²) in [6, 6.07) is 10.9. The molecule has 0 amide bonds. The number of likely N-dealkylation sites (tertiary alicyclic amines) is 1. The Hall–Kier alpha value is -2.34. The summed E-state index contributed by atoms with van der Waals surface area (Å²) < 4.78 is 1.90. The Morgan fingerprint density at radius 3 is 2.70 bits per heavy atom. The van der Waals surface area contributed by atoms with Gasteiger partial charge in [-0.2, -0.15) is 10.2 Å². The molecule has 23 heavy (non-hydrogen) atoms. The van der Waals surface area contributed by atoms with Gasteiger partial charge in [-0.3, -0.25) is 10.1 Å². The molecular formula is C17H22N6. The van der Waals surface area contributed by atoms with Crippen molar-refractivity contribution in [3.63, 3.8) is 0 Å². The molecule has 0 spiro atoms. The molecule has 3 N–H and O–H groups in total. The van der Waals surface area contributed by atoms with E-state index in [0.29, 0.717) is 6.04 Å². The van der Waals surface area contributed by atoms with E-state index in [1.807, 2.05) is 24.0 Å². The number of aryl methyl sites for hydroxylation is 1. The predicted octanol–water partition coefficient (Wildman–Crippen LogP) is 1.20. The van der Waals surface area contributed by atoms with Gasteiger partial charge < -0.3 is 10.6 Å². The maximum absolute atomic E-state index is 6.03. The third-order valence-corrected chi connectivity index (χ3v) is 4.81. The van der Waals surface area contributed by atoms with Gasteiger partial charge in [0.15, 0.2) is 5.84 Å². The number of amidine groups is 1. The van der Waals surface area contributed by atoms with Gasteiger partial charge in [0.1, 0.15) is 6.04 Å². The van der Waals surface area contributed by atoms with E-state index in [9.17, 15) is 0 Å². The zero-order valence-electron chi connectivity index (χ0n) is 13.3. The third-order valence-electron chi connectivity index (χ3n) is 4.81. The van der Waals surface area contributed by atoms with Crippen LogP contribution in [0.4, 0.5) is 0 Å². The van der Waals surface area contributed by atoms with Gasteiger partial charge in [-0.1, -0.05) is 24.3 Å². The number of fused-ring (bicyclic) bond motifs is 1. The molecule has 1 aromatic carbocycles. The van der Waals surface area contributed by atoms with Crippen molar-refractivity contribution in [1.29, 1.82) is 0 Å². The van der Waals surface area contributed by atoms with E-state index < -0.39 is 0 Å². The van der Waals surface area contributed by atoms with Gasteiger partial charge in [-0.05, 0) is 24.5 Å². The smallest absolute Gasteiger partial charge is 0.156 e. The Bertz CT molecular complexity index is 726. The summed E-state index contributed by atoms with van der Waals surface area (Å²) in [7, 11) is 1.96. The number of nitrogens with one attached hydrogen (secondary N) is 1. The fraction of sp³-hybridized carbons (Fsp3) is 0.412. The number of nitrogens with two attached hydrogens (primary N) is 1. The van der Waals surface area contributed by atoms with E-state index in [1.54, 1.807) is 0 Å². The van der Waals surface area contributed by atoms with Crippen LogP contribution < -0.4 is 11.2 Å². The van der Waals surface area contributed by atoms with Gasteiger partial charge in [0, 0.05) is 37.9 Å². The number of hydrogen-bond donors (Lipinski definition) is 2. The molecule has 1 atom stereocenters. The lowest BCUT2D eigenvalue weighted by atomic mass is 9.95. The number of hydrogen-bond acceptors (Lipinski definition) is 5. The van der Waals surface area contributed by atoms with Gasteiger partial charge in [0.2, 0.25) is 0 Å². The minimum absolute atomic E-state index is 0.0366. The van der Waals surface area contributed by atoms with Gasteiger partial charge in [-0.15, -0.1) is 0 Å². The monoisotopic (exact) mass is 310 g/mol. The fourth-order valence-corrected chi connectivity index (χ4v) is 3.45. The van der Waals surface area contributed by atoms with Crippen LogP contribution in [0, 0.1) is 0 Å². The molecule has 1 unspecified atom stereocenters. The Labute approximate surface area is 136 Å². The minimum atomic E-state index is 0.0366. The molecule has 1 saturated heterocycles. The second kappa shape index (κ2) is 5.70. The molecule has 6 heteroatoms. The lowest BCUT2D eigenvalue weighted by Gasteiger charge is -2.36. The molecule has 4 rings (SSSR count). The fourth-order valence-electron chi connectivity index (χ4n) is 3.45. The number of aromatic nitrogens is 2. The summed E-state index contributed by atoms with van der Waals surface area (Å²) in [4.78, 5) is 2.34. The molecule has 1 fully saturated rings. The van der Waals surface area contributed by atoms with E-state index in [2.05, 4.69) is 39.7 Å². The van der Waals surface area contributed by atoms with E-state index in [0.717, 1.165) is 37.5 Å². The van der Waals surface area contributed by atoms with Crippen LogP contribution in [0.2, 0.25) is 0 Å². The molecule has 0 radical (unpaired) electrons. The van der Waals surface area contributed by atoms with Crippen molar-refractivity contribution < 1.29 is 0 Å². The van der Waals surface area contributed by atoms with Crippen LogP contribution in [0.1, 0.15) is 35.7 Å². The Balaban J connectivity index is 1.70. The molecule has 120 valence electrons. The molecule has 1 aromatic heterocycles. The summed E-state index contributed by atoms with van der Waals surface area (Å²) in [5.74, 6) is 1.03. The first-order valence-electron chi connectivity index (χ1n) is 8.15. The van der Waals surface area contributed by atoms with Crippen molar-refractivity contribution in [3.8, 4) is 0 Å². The molecule has 2 aliphatic heterocycles. The zero-order valence-corrected chi connectivity index (χ0v) is 13.3. The highest BCUT2D eigenvalue weighted by atomic mass is 15.4. The van der Waals surface area contributed by atoms with E-state index >= 15 is 0 Å². The van der Waals surface area contributed by atoms with E-state index in [4.69, 9.17) is 10.8 Å². The van der Waals surface area contributed by atoms with Gasteiger partial charge in [0.05, 0.1) is 5.69 Å². The summed E-state index contributed by atoms with van der Waals surface area (Å²) >= 11 is 0. The summed E-state index contributed by atoms with van der Waals surface area (Å²) in [5, 5.41) is 8.99. The quantitative estimate of drug-likeness (QED) is 0.830. The molecular weight excluding hydrogens is 288 g/mol. The van der Waals surface area contributed by atoms with Gasteiger partial charge in [-0.25, -0.2) is 0 Å². The van der Waals surface area contributed by atoms with Crippen molar-refractivity contribution in [2.75, 3.05) is 13.1 Å². The number of benzene rings is 1. The maximum Gasteiger partial charge on any atom is 0.156 e. The highest BCUT2D eigenvalue weighted by Crippen LogP contribution is 2.29. The minimum Gasteiger partial charge on any atom is -0.355 e. The standard InChI is InChI=1S/C17H22N6/c1-22-15(6-9-19-22)16-13-4-2-3-5-14(13)17(21-20-16)23-10-7-12(18)8-11-23/h2-6,9,12,16,20H,7-8,10-11,18H2,1H3. The van der Waals surface area contributed by atoms with Crippen LogP contribution in [0.25, 0.3) is 0 Å². The number of hydrazone groups is 1. The highest BCUT2D eigenvalue weighted by molar-refractivity contribution is 6.01. The highest BCUT2D eigenvalue weighted by Gasteiger charge is 2.29. The first-order valence-corrected chi connectivity index (χ1v) is 8.15. The number of rotatable bonds is 1. The lowest BCUT2D eigenvalue weighted by Crippen LogP contribution is -2.45. The molecule has 3 heterocycles. The zero-order chi connectivity index (χ0) is 15.8. The largest absolute Gasteiger partial charge is 0.355 e. The number of nitrogens with zero attached hydrogens (tertiary/aromatic N) is 4. The molecule has 0 saturated carbocycles. The summed E-state index contributed by atoms with van der Waals surface area (Å²) in [6.07, 6.45) is 3.86. The van der Waals surface area contributed by atoms with Crippen molar-refractivity contribution in [2.45, 2.75) is 24.9 Å². The average molecular weight is 310 g/mol. The van der Waals surface area contributed by atoms with Crippen molar-refractivity contribution in [1.82, 2.24) is 20.1 Å². The van der Waals surface area contributed by atoms with Crippen LogP contribution in [0.3, 0.4) is 0 Å². The van der Waals surface area contributed by atoms with Crippen molar-refractivity contribution in [3.05, 3.63) is 53.3 Å². The van der Waals surface area contributed by atoms with Crippen LogP contribution in [-0.2, 0) is 7.05 Å². The number of piperidine rings is 1. The van der Waals surface area contributed by atoms with Crippen molar-refractivity contribution in [2.24, 2.45) is 17.9 Å². The second-order valence-electron chi connectivity index (χ2n) is 6.29. The van der Waals surface area contributed by atoms with Crippen molar-refractivity contribution >= 4 is 5.84 Å². The summed E-state index contributed by atoms with van der Waals surface area (Å²) in [5.41, 5.74) is 12.9. The lowest BCUT2D eigenvalue weighted by molar-refractivity contribution is 0.310. The molecule has 2 aliphatic rings. The van der Waals surface area contributed by atoms with Crippen LogP contribution in [0.15, 0.2) is 41.6 Å². The Morgan fingerprint density at radius 1 is 1.17 bits per heavy atom. The maximum atomic E-state index is 6.03. The molecule has 2 aromatic rings. The van der Waals surface area contributed by atoms with Gasteiger partial charge >= 0.3 is 0 Å². The topological polar surface area (TPSA) is 71.5 Å². The van der Waals surface area contributed by atoms with Crippen LogP contribution in [0.5, 0.6) is 0 Å². The Morgan fingerprint density at radius 2 is 1.96 bits per heavy atom. The SMILES string of the molecule is Cn1nccc1C1NN=C(N2CCC(N)CC2)c2ccccc21. The van der Waals surface area contributed by atoms with Gasteiger partial charge in [0.25, 0.3) is 0 Å². The second-order valence-corrected chi connectivity index (χ2v) is 6.29. The Kier molecular flexibility index (Phi) is 3.53. The van der Waals surface area contributed by atoms with E-state index in [1.165, 1.54) is 11.1 Å². The normalized spacial score (nSPS) is 21.6. The molecule has 0 bridgehead atoms. The van der Waals surface area contributed by atoms with Crippen LogP contribution in [-0.4, -0.2) is 39.6 Å². The molecule has 0 aliphatic carbocycles. The average Bonchev–Trinajstić information content (AvgIpc) is 3.01. The molecule has 6 nitrogen and oxygen atoms in total. The predicted molar refractivity (Wildman–Crippen MR) is 89.9 cm³/mol. The summed E-state index contributed by atoms with van der Waals surface area (Å²) in [6.45, 7) is 1.93. The first-order chi connectivity index (χ1) is 11.2. The first kappa shape index (κ1) is 14.3. The van der Waals surface area contributed by atoms with Crippen LogP contribution >= 0.6 is 0 Å². The third kappa shape index (κ3) is 2.49.